The van der Waals surface area contributed by atoms with E-state index in [9.17, 15) is 23.6 Å². The Bertz CT molecular complexity index is 3000. The number of rotatable bonds is 12. The van der Waals surface area contributed by atoms with Crippen LogP contribution in [0.15, 0.2) is 85.2 Å². The predicted molar refractivity (Wildman–Crippen MR) is 280 cm³/mol. The summed E-state index contributed by atoms with van der Waals surface area (Å²) in [6.45, 7) is 18.0. The lowest BCUT2D eigenvalue weighted by molar-refractivity contribution is -0.00960. The van der Waals surface area contributed by atoms with Gasteiger partial charge in [0.2, 0.25) is 0 Å². The number of likely N-dealkylation sites (tertiary alicyclic amines) is 2. The first-order chi connectivity index (χ1) is 35.0. The lowest BCUT2D eigenvalue weighted by atomic mass is 9.73. The maximum Gasteiger partial charge on any atom is 0.410 e. The summed E-state index contributed by atoms with van der Waals surface area (Å²) in [5, 5.41) is 30.0. The summed E-state index contributed by atoms with van der Waals surface area (Å²) in [6, 6.07) is 24.6. The van der Waals surface area contributed by atoms with Crippen LogP contribution in [0.4, 0.5) is 18.4 Å². The van der Waals surface area contributed by atoms with Crippen molar-refractivity contribution in [3.05, 3.63) is 129 Å². The first-order valence-corrected chi connectivity index (χ1v) is 25.5. The van der Waals surface area contributed by atoms with Crippen LogP contribution in [0.5, 0.6) is 0 Å². The Hall–Kier alpha value is -6.30. The zero-order chi connectivity index (χ0) is 53.6. The van der Waals surface area contributed by atoms with Gasteiger partial charge in [0.05, 0.1) is 54.8 Å². The summed E-state index contributed by atoms with van der Waals surface area (Å²) in [4.78, 5) is 28.7. The Balaban J connectivity index is 0.000000216. The number of amides is 2. The molecule has 8 rings (SSSR count). The molecule has 0 aliphatic carbocycles. The van der Waals surface area contributed by atoms with Crippen LogP contribution in [0.1, 0.15) is 116 Å². The van der Waals surface area contributed by atoms with E-state index in [4.69, 9.17) is 47.4 Å². The molecule has 2 aliphatic heterocycles. The van der Waals surface area contributed by atoms with Gasteiger partial charge in [0.25, 0.3) is 0 Å². The summed E-state index contributed by atoms with van der Waals surface area (Å²) in [5.74, 6) is -0.597. The fraction of sp³-hybridized carbons (Fsp3) is 0.464. The molecular weight excluding hydrogens is 990 g/mol. The van der Waals surface area contributed by atoms with Gasteiger partial charge in [-0.3, -0.25) is 9.36 Å². The summed E-state index contributed by atoms with van der Waals surface area (Å²) in [6.07, 6.45) is 4.71. The van der Waals surface area contributed by atoms with Gasteiger partial charge in [-0.2, -0.15) is 20.7 Å². The van der Waals surface area contributed by atoms with Crippen molar-refractivity contribution >= 4 is 57.2 Å². The van der Waals surface area contributed by atoms with E-state index in [-0.39, 0.29) is 49.1 Å². The normalized spacial score (nSPS) is 16.4. The van der Waals surface area contributed by atoms with Crippen LogP contribution in [0.25, 0.3) is 21.8 Å². The zero-order valence-electron chi connectivity index (χ0n) is 43.3. The highest BCUT2D eigenvalue weighted by molar-refractivity contribution is 6.31. The molecule has 2 fully saturated rings. The van der Waals surface area contributed by atoms with Crippen molar-refractivity contribution in [1.29, 1.82) is 10.5 Å². The molecule has 74 heavy (non-hydrogen) atoms. The van der Waals surface area contributed by atoms with E-state index in [1.54, 1.807) is 55.8 Å². The fourth-order valence-corrected chi connectivity index (χ4v) is 10.1. The van der Waals surface area contributed by atoms with E-state index in [1.165, 1.54) is 24.3 Å². The number of carbonyl (C=O) groups excluding carboxylic acids is 2. The number of piperidine rings is 2. The van der Waals surface area contributed by atoms with Crippen molar-refractivity contribution in [2.45, 2.75) is 128 Å². The molecule has 4 heterocycles. The van der Waals surface area contributed by atoms with Gasteiger partial charge in [0.1, 0.15) is 35.9 Å². The second-order valence-electron chi connectivity index (χ2n) is 21.2. The molecule has 4 aromatic carbocycles. The minimum absolute atomic E-state index is 0.116. The van der Waals surface area contributed by atoms with Gasteiger partial charge in [0.15, 0.2) is 0 Å². The second-order valence-corrected chi connectivity index (χ2v) is 22.1. The number of nitrogens with zero attached hydrogens (tertiary/aromatic N) is 8. The molecule has 6 aromatic rings. The number of nitriles is 2. The van der Waals surface area contributed by atoms with Gasteiger partial charge in [-0.05, 0) is 141 Å². The van der Waals surface area contributed by atoms with E-state index in [2.05, 4.69) is 22.3 Å². The molecule has 2 aromatic heterocycles. The Morgan fingerprint density at radius 2 is 1.11 bits per heavy atom. The van der Waals surface area contributed by atoms with Crippen molar-refractivity contribution < 1.29 is 37.3 Å². The van der Waals surface area contributed by atoms with Gasteiger partial charge in [-0.15, -0.1) is 0 Å². The number of carbonyl (C=O) groups is 2. The van der Waals surface area contributed by atoms with Crippen molar-refractivity contribution in [2.75, 3.05) is 39.4 Å². The van der Waals surface area contributed by atoms with E-state index in [0.29, 0.717) is 75.1 Å². The second kappa shape index (κ2) is 23.1. The highest BCUT2D eigenvalue weighted by Gasteiger charge is 2.41. The molecular formula is C56H64Cl2F2N8O6. The van der Waals surface area contributed by atoms with Gasteiger partial charge in [-0.1, -0.05) is 47.5 Å². The number of hydrogen-bond donors (Lipinski definition) is 0. The molecule has 2 atom stereocenters. The summed E-state index contributed by atoms with van der Waals surface area (Å²) in [5.41, 5.74) is 3.22. The van der Waals surface area contributed by atoms with Gasteiger partial charge in [0, 0.05) is 75.2 Å². The van der Waals surface area contributed by atoms with Crippen molar-refractivity contribution in [1.82, 2.24) is 29.4 Å². The minimum Gasteiger partial charge on any atom is -0.444 e. The molecule has 0 bridgehead atoms. The monoisotopic (exact) mass is 1050 g/mol. The fourth-order valence-electron chi connectivity index (χ4n) is 9.64. The summed E-state index contributed by atoms with van der Waals surface area (Å²) in [7, 11) is 0. The maximum absolute atomic E-state index is 13.8. The van der Waals surface area contributed by atoms with E-state index < -0.39 is 22.0 Å². The Morgan fingerprint density at radius 1 is 0.676 bits per heavy atom. The molecule has 2 aliphatic rings. The van der Waals surface area contributed by atoms with Crippen LogP contribution in [0, 0.1) is 34.3 Å². The van der Waals surface area contributed by atoms with Crippen molar-refractivity contribution in [3.63, 3.8) is 0 Å². The van der Waals surface area contributed by atoms with Crippen LogP contribution in [-0.2, 0) is 42.9 Å². The van der Waals surface area contributed by atoms with Gasteiger partial charge < -0.3 is 28.7 Å². The third-order valence-electron chi connectivity index (χ3n) is 13.6. The Morgan fingerprint density at radius 3 is 1.55 bits per heavy atom. The molecule has 2 saturated heterocycles. The Kier molecular flexibility index (Phi) is 17.3. The molecule has 392 valence electrons. The Labute approximate surface area is 441 Å². The molecule has 0 radical (unpaired) electrons. The molecule has 18 heteroatoms. The van der Waals surface area contributed by atoms with Crippen LogP contribution >= 0.6 is 23.2 Å². The molecule has 2 amide bonds. The minimum atomic E-state index is -0.568. The highest BCUT2D eigenvalue weighted by Crippen LogP contribution is 2.41. The number of aromatic nitrogens is 4. The van der Waals surface area contributed by atoms with Crippen molar-refractivity contribution in [2.24, 2.45) is 0 Å². The SMILES string of the molecule is C[C@@H](OCC1(c2ccc(F)cc2)CCN(C(=O)OC(C)(C)C)CC1)c1cc(Cl)cc2cn(CC#N)nc12.C[C@@H](OCC1(c2ccc(F)cc2)CCN(C(=O)OC(C)(C)C)CC1)c1cc(Cl)cc2cnn(CC#N)c12. The molecule has 14 nitrogen and oxygen atoms in total. The highest BCUT2D eigenvalue weighted by atomic mass is 35.5. The molecule has 0 N–H and O–H groups in total. The number of hydrogen-bond acceptors (Lipinski definition) is 10. The number of halogens is 4. The van der Waals surface area contributed by atoms with Crippen molar-refractivity contribution in [3.8, 4) is 12.1 Å². The third-order valence-corrected chi connectivity index (χ3v) is 14.0. The summed E-state index contributed by atoms with van der Waals surface area (Å²) < 4.78 is 54.8. The first kappa shape index (κ1) is 55.5. The smallest absolute Gasteiger partial charge is 0.410 e. The third kappa shape index (κ3) is 13.5. The number of fused-ring (bicyclic) bond motifs is 2. The average molecular weight is 1050 g/mol. The van der Waals surface area contributed by atoms with Gasteiger partial charge in [-0.25, -0.2) is 18.4 Å². The van der Waals surface area contributed by atoms with Crippen LogP contribution in [-0.4, -0.2) is 92.1 Å². The lowest BCUT2D eigenvalue weighted by Crippen LogP contribution is -2.48. The van der Waals surface area contributed by atoms with E-state index in [0.717, 1.165) is 44.1 Å². The number of ether oxygens (including phenoxy) is 4. The van der Waals surface area contributed by atoms with E-state index >= 15 is 0 Å². The molecule has 0 spiro atoms. The first-order valence-electron chi connectivity index (χ1n) is 24.8. The number of benzene rings is 4. The lowest BCUT2D eigenvalue weighted by Gasteiger charge is -2.42. The molecule has 0 unspecified atom stereocenters. The summed E-state index contributed by atoms with van der Waals surface area (Å²) >= 11 is 12.8. The molecule has 0 saturated carbocycles. The topological polar surface area (TPSA) is 161 Å². The maximum atomic E-state index is 13.8. The quantitative estimate of drug-likeness (QED) is 0.115. The standard InChI is InChI=1S/2C28H32ClFN4O3/c1-19(24-16-22(29)15-20-17-34(14-11-31)32-25(20)24)36-18-28(21-5-7-23(30)8-6-21)9-12-33(13-10-28)26(35)37-27(2,3)4;1-19(24-16-22(29)15-20-17-32-34(14-11-31)25(20)24)36-18-28(21-5-7-23(30)8-6-21)9-12-33(13-10-28)26(35)37-27(2,3)4/h2*5-8,15-17,19H,9-10,12-14,18H2,1-4H3/t2*19-/m11/s1. The zero-order valence-corrected chi connectivity index (χ0v) is 44.8. The van der Waals surface area contributed by atoms with Crippen LogP contribution in [0.2, 0.25) is 10.0 Å². The van der Waals surface area contributed by atoms with Crippen LogP contribution < -0.4 is 0 Å². The van der Waals surface area contributed by atoms with Gasteiger partial charge >= 0.3 is 12.2 Å². The largest absolute Gasteiger partial charge is 0.444 e. The van der Waals surface area contributed by atoms with Crippen LogP contribution in [0.3, 0.4) is 0 Å². The van der Waals surface area contributed by atoms with E-state index in [1.807, 2.05) is 79.7 Å². The average Bonchev–Trinajstić information content (AvgIpc) is 3.95. The predicted octanol–water partition coefficient (Wildman–Crippen LogP) is 12.8.